The van der Waals surface area contributed by atoms with Crippen LogP contribution in [0, 0.1) is 5.95 Å². The maximum Gasteiger partial charge on any atom is 0.231 e. The largest absolute Gasteiger partial charge is 0.390 e. The molecule has 1 aromatic heterocycles. The Kier molecular flexibility index (Phi) is 5.46. The van der Waals surface area contributed by atoms with Crippen LogP contribution >= 0.6 is 11.6 Å². The van der Waals surface area contributed by atoms with Crippen LogP contribution in [0.15, 0.2) is 12.3 Å². The average Bonchev–Trinajstić information content (AvgIpc) is 2.31. The molecule has 2 unspecified atom stereocenters. The first-order valence-corrected chi connectivity index (χ1v) is 5.71. The Bertz CT molecular complexity index is 431. The smallest absolute Gasteiger partial charge is 0.231 e. The molecule has 0 aliphatic rings. The van der Waals surface area contributed by atoms with Crippen molar-refractivity contribution in [2.45, 2.75) is 25.6 Å². The van der Waals surface area contributed by atoms with E-state index in [0.717, 1.165) is 6.20 Å². The van der Waals surface area contributed by atoms with E-state index in [0.29, 0.717) is 0 Å². The molecule has 0 spiro atoms. The van der Waals surface area contributed by atoms with Crippen LogP contribution in [0.1, 0.15) is 25.0 Å². The lowest BCUT2D eigenvalue weighted by Gasteiger charge is -2.18. The highest BCUT2D eigenvalue weighted by molar-refractivity contribution is 6.30. The molecule has 0 fully saturated rings. The Morgan fingerprint density at radius 2 is 2.28 bits per heavy atom. The summed E-state index contributed by atoms with van der Waals surface area (Å²) in [6.45, 7) is 1.59. The molecular weight excluding hydrogens is 263 g/mol. The van der Waals surface area contributed by atoms with Gasteiger partial charge in [-0.15, -0.1) is 0 Å². The van der Waals surface area contributed by atoms with Gasteiger partial charge in [0.2, 0.25) is 11.9 Å². The average molecular weight is 277 g/mol. The van der Waals surface area contributed by atoms with E-state index in [1.807, 2.05) is 0 Å². The lowest BCUT2D eigenvalue weighted by atomic mass is 10.0. The number of rotatable bonds is 5. The third kappa shape index (κ3) is 4.21. The van der Waals surface area contributed by atoms with Crippen LogP contribution in [0.5, 0.6) is 0 Å². The van der Waals surface area contributed by atoms with Gasteiger partial charge in [0, 0.05) is 25.2 Å². The maximum absolute atomic E-state index is 12.8. The number of pyridine rings is 1. The first-order chi connectivity index (χ1) is 8.41. The number of aromatic nitrogens is 1. The summed E-state index contributed by atoms with van der Waals surface area (Å²) in [7, 11) is 0. The fourth-order valence-electron chi connectivity index (χ4n) is 1.37. The van der Waals surface area contributed by atoms with Gasteiger partial charge in [-0.2, -0.15) is 4.39 Å². The predicted molar refractivity (Wildman–Crippen MR) is 63.5 cm³/mol. The third-order valence-electron chi connectivity index (χ3n) is 2.34. The Labute approximate surface area is 109 Å². The van der Waals surface area contributed by atoms with Crippen LogP contribution < -0.4 is 5.32 Å². The molecule has 5 nitrogen and oxygen atoms in total. The monoisotopic (exact) mass is 276 g/mol. The highest BCUT2D eigenvalue weighted by atomic mass is 35.5. The van der Waals surface area contributed by atoms with E-state index in [1.165, 1.54) is 13.0 Å². The number of hydrogen-bond donors (Lipinski definition) is 3. The molecular formula is C11H14ClFN2O3. The number of amides is 1. The Balaban J connectivity index is 2.59. The van der Waals surface area contributed by atoms with Crippen LogP contribution in [0.2, 0.25) is 5.02 Å². The van der Waals surface area contributed by atoms with E-state index in [4.69, 9.17) is 11.6 Å². The number of aliphatic hydroxyl groups is 2. The van der Waals surface area contributed by atoms with Crippen molar-refractivity contribution in [3.8, 4) is 0 Å². The minimum atomic E-state index is -1.23. The van der Waals surface area contributed by atoms with Gasteiger partial charge in [0.15, 0.2) is 0 Å². The second-order valence-electron chi connectivity index (χ2n) is 3.83. The van der Waals surface area contributed by atoms with E-state index in [2.05, 4.69) is 10.3 Å². The molecule has 0 aliphatic carbocycles. The summed E-state index contributed by atoms with van der Waals surface area (Å²) in [5, 5.41) is 21.7. The van der Waals surface area contributed by atoms with Crippen molar-refractivity contribution in [3.63, 3.8) is 0 Å². The van der Waals surface area contributed by atoms with Crippen molar-refractivity contribution in [2.24, 2.45) is 0 Å². The number of hydrogen-bond acceptors (Lipinski definition) is 4. The molecule has 18 heavy (non-hydrogen) atoms. The first-order valence-electron chi connectivity index (χ1n) is 5.33. The summed E-state index contributed by atoms with van der Waals surface area (Å²) in [5.41, 5.74) is 0.219. The number of nitrogens with one attached hydrogen (secondary N) is 1. The maximum atomic E-state index is 12.8. The number of carbonyl (C=O) groups excluding carboxylic acids is 1. The zero-order valence-electron chi connectivity index (χ0n) is 9.73. The highest BCUT2D eigenvalue weighted by Crippen LogP contribution is 2.22. The minimum Gasteiger partial charge on any atom is -0.390 e. The van der Waals surface area contributed by atoms with Gasteiger partial charge in [-0.3, -0.25) is 4.79 Å². The fraction of sp³-hybridized carbons (Fsp3) is 0.455. The van der Waals surface area contributed by atoms with Gasteiger partial charge in [0.05, 0.1) is 11.1 Å². The van der Waals surface area contributed by atoms with Crippen molar-refractivity contribution < 1.29 is 19.4 Å². The quantitative estimate of drug-likeness (QED) is 0.695. The van der Waals surface area contributed by atoms with Gasteiger partial charge >= 0.3 is 0 Å². The predicted octanol–water partition coefficient (Wildman–Crippen LogP) is 0.795. The second-order valence-corrected chi connectivity index (χ2v) is 4.23. The summed E-state index contributed by atoms with van der Waals surface area (Å²) >= 11 is 5.52. The topological polar surface area (TPSA) is 82.5 Å². The molecule has 100 valence electrons. The zero-order chi connectivity index (χ0) is 13.7. The van der Waals surface area contributed by atoms with Gasteiger partial charge in [0.1, 0.15) is 6.10 Å². The van der Waals surface area contributed by atoms with Crippen molar-refractivity contribution in [1.29, 1.82) is 0 Å². The zero-order valence-corrected chi connectivity index (χ0v) is 10.5. The molecule has 0 bridgehead atoms. The molecule has 0 aromatic carbocycles. The van der Waals surface area contributed by atoms with E-state index < -0.39 is 18.2 Å². The Morgan fingerprint density at radius 1 is 1.61 bits per heavy atom. The lowest BCUT2D eigenvalue weighted by molar-refractivity contribution is -0.119. The van der Waals surface area contributed by atoms with E-state index in [-0.39, 0.29) is 29.5 Å². The molecule has 3 N–H and O–H groups in total. The first kappa shape index (κ1) is 14.8. The van der Waals surface area contributed by atoms with Crippen LogP contribution in [0.4, 0.5) is 4.39 Å². The van der Waals surface area contributed by atoms with Gasteiger partial charge < -0.3 is 15.5 Å². The SMILES string of the molecule is CC(=O)NCCC(O)C(O)c1cnc(F)c(Cl)c1. The highest BCUT2D eigenvalue weighted by Gasteiger charge is 2.19. The molecule has 0 aliphatic heterocycles. The fourth-order valence-corrected chi connectivity index (χ4v) is 1.55. The number of aliphatic hydroxyl groups excluding tert-OH is 2. The van der Waals surface area contributed by atoms with Crippen molar-refractivity contribution in [3.05, 3.63) is 28.8 Å². The van der Waals surface area contributed by atoms with Crippen molar-refractivity contribution in [1.82, 2.24) is 10.3 Å². The van der Waals surface area contributed by atoms with Crippen LogP contribution in [-0.2, 0) is 4.79 Å². The second kappa shape index (κ2) is 6.63. The summed E-state index contributed by atoms with van der Waals surface area (Å²) in [4.78, 5) is 14.0. The molecule has 1 amide bonds. The molecule has 1 heterocycles. The van der Waals surface area contributed by atoms with Gasteiger partial charge in [-0.25, -0.2) is 4.98 Å². The number of nitrogens with zero attached hydrogens (tertiary/aromatic N) is 1. The van der Waals surface area contributed by atoms with Crippen molar-refractivity contribution >= 4 is 17.5 Å². The van der Waals surface area contributed by atoms with Crippen LogP contribution in [0.25, 0.3) is 0 Å². The molecule has 0 saturated heterocycles. The molecule has 2 atom stereocenters. The van der Waals surface area contributed by atoms with Gasteiger partial charge in [0.25, 0.3) is 0 Å². The Morgan fingerprint density at radius 3 is 2.83 bits per heavy atom. The van der Waals surface area contributed by atoms with Gasteiger partial charge in [-0.1, -0.05) is 11.6 Å². The normalized spacial score (nSPS) is 14.1. The molecule has 1 aromatic rings. The summed E-state index contributed by atoms with van der Waals surface area (Å²) in [5.74, 6) is -1.05. The van der Waals surface area contributed by atoms with E-state index >= 15 is 0 Å². The molecule has 0 radical (unpaired) electrons. The number of carbonyl (C=O) groups is 1. The lowest BCUT2D eigenvalue weighted by Crippen LogP contribution is -2.27. The van der Waals surface area contributed by atoms with E-state index in [1.54, 1.807) is 0 Å². The summed E-state index contributed by atoms with van der Waals surface area (Å²) < 4.78 is 12.8. The van der Waals surface area contributed by atoms with Gasteiger partial charge in [-0.05, 0) is 12.5 Å². The molecule has 7 heteroatoms. The van der Waals surface area contributed by atoms with E-state index in [9.17, 15) is 19.4 Å². The third-order valence-corrected chi connectivity index (χ3v) is 2.60. The molecule has 0 saturated carbocycles. The number of halogens is 2. The Hall–Kier alpha value is -1.24. The minimum absolute atomic E-state index is 0.162. The van der Waals surface area contributed by atoms with Crippen LogP contribution in [0.3, 0.4) is 0 Å². The van der Waals surface area contributed by atoms with Crippen molar-refractivity contribution in [2.75, 3.05) is 6.54 Å². The standard InChI is InChI=1S/C11H14ClFN2O3/c1-6(16)14-3-2-9(17)10(18)7-4-8(12)11(13)15-5-7/h4-5,9-10,17-18H,2-3H2,1H3,(H,14,16). The van der Waals surface area contributed by atoms with Crippen LogP contribution in [-0.4, -0.2) is 33.8 Å². The summed E-state index contributed by atoms with van der Waals surface area (Å²) in [6.07, 6.45) is -1.06. The molecule has 1 rings (SSSR count). The summed E-state index contributed by atoms with van der Waals surface area (Å²) in [6, 6.07) is 1.20.